The average molecular weight is 385 g/mol. The molecule has 1 aliphatic heterocycles. The van der Waals surface area contributed by atoms with Gasteiger partial charge in [0, 0.05) is 49.3 Å². The summed E-state index contributed by atoms with van der Waals surface area (Å²) in [6.45, 7) is 4.62. The zero-order chi connectivity index (χ0) is 19.7. The van der Waals surface area contributed by atoms with Crippen LogP contribution in [0.15, 0.2) is 28.8 Å². The van der Waals surface area contributed by atoms with Gasteiger partial charge in [0.2, 0.25) is 0 Å². The van der Waals surface area contributed by atoms with Gasteiger partial charge in [-0.15, -0.1) is 0 Å². The highest BCUT2D eigenvalue weighted by atomic mass is 16.5. The molecule has 2 atom stereocenters. The Labute approximate surface area is 165 Å². The van der Waals surface area contributed by atoms with Gasteiger partial charge in [0.1, 0.15) is 17.3 Å². The SMILES string of the molecule is COc1ccc(CN2C[C@@H](C)[C@H](NC(=O)c3cc(C4CC4)on3)C2)c(OC)c1. The van der Waals surface area contributed by atoms with Gasteiger partial charge in [-0.1, -0.05) is 18.1 Å². The van der Waals surface area contributed by atoms with Gasteiger partial charge in [-0.05, 0) is 24.8 Å². The molecule has 1 amide bonds. The Bertz CT molecular complexity index is 846. The largest absolute Gasteiger partial charge is 0.497 e. The molecule has 2 aromatic rings. The number of ether oxygens (including phenoxy) is 2. The maximum Gasteiger partial charge on any atom is 0.273 e. The van der Waals surface area contributed by atoms with Crippen molar-refractivity contribution in [3.8, 4) is 11.5 Å². The summed E-state index contributed by atoms with van der Waals surface area (Å²) < 4.78 is 16.1. The van der Waals surface area contributed by atoms with E-state index in [0.717, 1.165) is 55.3 Å². The Hall–Kier alpha value is -2.54. The molecule has 1 saturated carbocycles. The smallest absolute Gasteiger partial charge is 0.273 e. The molecule has 0 unspecified atom stereocenters. The van der Waals surface area contributed by atoms with Crippen LogP contribution in [0.5, 0.6) is 11.5 Å². The molecule has 7 nitrogen and oxygen atoms in total. The summed E-state index contributed by atoms with van der Waals surface area (Å²) in [7, 11) is 3.31. The van der Waals surface area contributed by atoms with E-state index in [1.807, 2.05) is 18.2 Å². The Morgan fingerprint density at radius 2 is 2.07 bits per heavy atom. The molecule has 1 aliphatic carbocycles. The van der Waals surface area contributed by atoms with Crippen molar-refractivity contribution in [3.05, 3.63) is 41.3 Å². The fourth-order valence-electron chi connectivity index (χ4n) is 3.81. The average Bonchev–Trinajstić information content (AvgIpc) is 3.33. The number of likely N-dealkylation sites (tertiary alicyclic amines) is 1. The van der Waals surface area contributed by atoms with Crippen LogP contribution in [-0.2, 0) is 6.54 Å². The number of carbonyl (C=O) groups excluding carboxylic acids is 1. The van der Waals surface area contributed by atoms with Crippen molar-refractivity contribution >= 4 is 5.91 Å². The van der Waals surface area contributed by atoms with Crippen molar-refractivity contribution in [3.63, 3.8) is 0 Å². The third-order valence-electron chi connectivity index (χ3n) is 5.63. The Balaban J connectivity index is 1.37. The Morgan fingerprint density at radius 3 is 2.79 bits per heavy atom. The maximum absolute atomic E-state index is 12.6. The lowest BCUT2D eigenvalue weighted by Gasteiger charge is -2.18. The molecular formula is C21H27N3O4. The minimum atomic E-state index is -0.156. The standard InChI is InChI=1S/C21H27N3O4/c1-13-10-24(11-15-6-7-16(26-2)8-19(15)27-3)12-18(13)22-21(25)17-9-20(28-23-17)14-4-5-14/h6-9,13-14,18H,4-5,10-12H2,1-3H3,(H,22,25)/t13-,18-/m1/s1. The van der Waals surface area contributed by atoms with Gasteiger partial charge in [-0.25, -0.2) is 0 Å². The molecule has 7 heteroatoms. The van der Waals surface area contributed by atoms with Crippen LogP contribution in [0.1, 0.15) is 47.5 Å². The molecule has 2 heterocycles. The topological polar surface area (TPSA) is 76.8 Å². The first kappa shape index (κ1) is 18.8. The zero-order valence-corrected chi connectivity index (χ0v) is 16.6. The normalized spacial score (nSPS) is 22.2. The van der Waals surface area contributed by atoms with Crippen LogP contribution in [0.2, 0.25) is 0 Å². The van der Waals surface area contributed by atoms with Crippen LogP contribution >= 0.6 is 0 Å². The number of benzene rings is 1. The van der Waals surface area contributed by atoms with Gasteiger partial charge in [0.25, 0.3) is 5.91 Å². The highest BCUT2D eigenvalue weighted by molar-refractivity contribution is 5.92. The number of hydrogen-bond donors (Lipinski definition) is 1. The quantitative estimate of drug-likeness (QED) is 0.790. The minimum Gasteiger partial charge on any atom is -0.497 e. The van der Waals surface area contributed by atoms with E-state index in [1.54, 1.807) is 20.3 Å². The first-order valence-electron chi connectivity index (χ1n) is 9.78. The lowest BCUT2D eigenvalue weighted by Crippen LogP contribution is -2.40. The number of nitrogens with one attached hydrogen (secondary N) is 1. The fourth-order valence-corrected chi connectivity index (χ4v) is 3.81. The number of carbonyl (C=O) groups is 1. The number of amides is 1. The number of hydrogen-bond acceptors (Lipinski definition) is 6. The predicted molar refractivity (Wildman–Crippen MR) is 104 cm³/mol. The summed E-state index contributed by atoms with van der Waals surface area (Å²) in [6, 6.07) is 7.74. The van der Waals surface area contributed by atoms with E-state index >= 15 is 0 Å². The van der Waals surface area contributed by atoms with Crippen LogP contribution in [-0.4, -0.2) is 49.3 Å². The second-order valence-electron chi connectivity index (χ2n) is 7.82. The molecule has 0 spiro atoms. The Morgan fingerprint density at radius 1 is 1.25 bits per heavy atom. The predicted octanol–water partition coefficient (Wildman–Crippen LogP) is 2.82. The zero-order valence-electron chi connectivity index (χ0n) is 16.6. The first-order valence-corrected chi connectivity index (χ1v) is 9.78. The van der Waals surface area contributed by atoms with Crippen LogP contribution < -0.4 is 14.8 Å². The molecule has 2 aliphatic rings. The molecule has 2 fully saturated rings. The molecule has 1 N–H and O–H groups in total. The van der Waals surface area contributed by atoms with Gasteiger partial charge in [-0.2, -0.15) is 0 Å². The molecule has 0 bridgehead atoms. The van der Waals surface area contributed by atoms with Crippen molar-refractivity contribution in [2.24, 2.45) is 5.92 Å². The fraction of sp³-hybridized carbons (Fsp3) is 0.524. The number of aromatic nitrogens is 1. The summed E-state index contributed by atoms with van der Waals surface area (Å²) in [5.74, 6) is 3.07. The lowest BCUT2D eigenvalue weighted by atomic mass is 10.1. The molecule has 28 heavy (non-hydrogen) atoms. The van der Waals surface area contributed by atoms with Gasteiger partial charge >= 0.3 is 0 Å². The van der Waals surface area contributed by atoms with Crippen molar-refractivity contribution in [2.75, 3.05) is 27.3 Å². The second-order valence-corrected chi connectivity index (χ2v) is 7.82. The van der Waals surface area contributed by atoms with Crippen LogP contribution in [0.4, 0.5) is 0 Å². The molecular weight excluding hydrogens is 358 g/mol. The van der Waals surface area contributed by atoms with Crippen LogP contribution in [0.3, 0.4) is 0 Å². The van der Waals surface area contributed by atoms with E-state index < -0.39 is 0 Å². The maximum atomic E-state index is 12.6. The second kappa shape index (κ2) is 7.83. The van der Waals surface area contributed by atoms with Crippen molar-refractivity contribution in [1.29, 1.82) is 0 Å². The van der Waals surface area contributed by atoms with Crippen molar-refractivity contribution in [2.45, 2.75) is 38.3 Å². The number of nitrogens with zero attached hydrogens (tertiary/aromatic N) is 2. The summed E-state index contributed by atoms with van der Waals surface area (Å²) in [5.41, 5.74) is 1.48. The van der Waals surface area contributed by atoms with E-state index in [4.69, 9.17) is 14.0 Å². The van der Waals surface area contributed by atoms with Crippen molar-refractivity contribution in [1.82, 2.24) is 15.4 Å². The summed E-state index contributed by atoms with van der Waals surface area (Å²) >= 11 is 0. The first-order chi connectivity index (χ1) is 13.6. The van der Waals surface area contributed by atoms with Gasteiger partial charge in [0.15, 0.2) is 5.69 Å². The van der Waals surface area contributed by atoms with E-state index in [9.17, 15) is 4.79 Å². The molecule has 4 rings (SSSR count). The van der Waals surface area contributed by atoms with Crippen LogP contribution in [0.25, 0.3) is 0 Å². The monoisotopic (exact) mass is 385 g/mol. The van der Waals surface area contributed by atoms with E-state index in [-0.39, 0.29) is 11.9 Å². The van der Waals surface area contributed by atoms with Gasteiger partial charge in [0.05, 0.1) is 14.2 Å². The molecule has 0 radical (unpaired) electrons. The summed E-state index contributed by atoms with van der Waals surface area (Å²) in [5, 5.41) is 7.07. The minimum absolute atomic E-state index is 0.0813. The molecule has 150 valence electrons. The third kappa shape index (κ3) is 3.99. The van der Waals surface area contributed by atoms with Crippen LogP contribution in [0, 0.1) is 5.92 Å². The summed E-state index contributed by atoms with van der Waals surface area (Å²) in [4.78, 5) is 14.9. The third-order valence-corrected chi connectivity index (χ3v) is 5.63. The van der Waals surface area contributed by atoms with E-state index in [1.165, 1.54) is 0 Å². The molecule has 1 saturated heterocycles. The number of rotatable bonds is 7. The Kier molecular flexibility index (Phi) is 5.26. The highest BCUT2D eigenvalue weighted by Crippen LogP contribution is 2.40. The van der Waals surface area contributed by atoms with E-state index in [2.05, 4.69) is 22.3 Å². The lowest BCUT2D eigenvalue weighted by molar-refractivity contribution is 0.0922. The van der Waals surface area contributed by atoms with Crippen molar-refractivity contribution < 1.29 is 18.8 Å². The molecule has 1 aromatic heterocycles. The number of methoxy groups -OCH3 is 2. The van der Waals surface area contributed by atoms with Gasteiger partial charge < -0.3 is 19.3 Å². The van der Waals surface area contributed by atoms with Gasteiger partial charge in [-0.3, -0.25) is 9.69 Å². The molecule has 1 aromatic carbocycles. The summed E-state index contributed by atoms with van der Waals surface area (Å²) in [6.07, 6.45) is 2.25. The van der Waals surface area contributed by atoms with E-state index in [0.29, 0.717) is 17.5 Å². The highest BCUT2D eigenvalue weighted by Gasteiger charge is 2.33.